The van der Waals surface area contributed by atoms with Crippen LogP contribution in [0.15, 0.2) is 12.3 Å². The van der Waals surface area contributed by atoms with Crippen LogP contribution in [-0.4, -0.2) is 17.4 Å². The first kappa shape index (κ1) is 10.4. The Balaban J connectivity index is 2.90. The lowest BCUT2D eigenvalue weighted by molar-refractivity contribution is 0.0958. The van der Waals surface area contributed by atoms with Gasteiger partial charge in [0.2, 0.25) is 0 Å². The minimum atomic E-state index is -0.382. The molecule has 0 radical (unpaired) electrons. The van der Waals surface area contributed by atoms with Gasteiger partial charge in [-0.3, -0.25) is 4.79 Å². The molecule has 0 aliphatic heterocycles. The van der Waals surface area contributed by atoms with Crippen molar-refractivity contribution in [1.82, 2.24) is 10.3 Å². The number of aromatic nitrogens is 1. The molecule has 0 fully saturated rings. The maximum atomic E-state index is 11.4. The summed E-state index contributed by atoms with van der Waals surface area (Å²) in [5.74, 6) is 1.89. The predicted octanol–water partition coefficient (Wildman–Crippen LogP) is 0.680. The molecule has 1 aromatic heterocycles. The number of nitrogen functional groups attached to an aromatic ring is 1. The number of nitrogens with zero attached hydrogens (tertiary/aromatic N) is 1. The van der Waals surface area contributed by atoms with E-state index in [0.717, 1.165) is 0 Å². The fourth-order valence-electron chi connectivity index (χ4n) is 0.850. The Labute approximate surface area is 86.5 Å². The SMILES string of the molecule is C#CCNC(=O)c1cc(N)cnc1Cl. The monoisotopic (exact) mass is 209 g/mol. The van der Waals surface area contributed by atoms with Gasteiger partial charge in [0.25, 0.3) is 5.91 Å². The van der Waals surface area contributed by atoms with Gasteiger partial charge in [0.15, 0.2) is 0 Å². The second-order valence-electron chi connectivity index (χ2n) is 2.49. The van der Waals surface area contributed by atoms with Crippen LogP contribution in [0.2, 0.25) is 5.15 Å². The predicted molar refractivity (Wildman–Crippen MR) is 54.8 cm³/mol. The molecule has 14 heavy (non-hydrogen) atoms. The van der Waals surface area contributed by atoms with Crippen LogP contribution >= 0.6 is 11.6 Å². The van der Waals surface area contributed by atoms with Gasteiger partial charge in [0, 0.05) is 0 Å². The molecule has 1 aromatic rings. The number of hydrogen-bond donors (Lipinski definition) is 2. The van der Waals surface area contributed by atoms with Crippen LogP contribution in [0.5, 0.6) is 0 Å². The standard InChI is InChI=1S/C9H8ClN3O/c1-2-3-12-9(14)7-4-6(11)5-13-8(7)10/h1,4-5H,3,11H2,(H,12,14). The quantitative estimate of drug-likeness (QED) is 0.556. The van der Waals surface area contributed by atoms with Crippen molar-refractivity contribution >= 4 is 23.2 Å². The molecule has 0 unspecified atom stereocenters. The molecule has 0 saturated heterocycles. The molecule has 1 heterocycles. The molecule has 4 nitrogen and oxygen atoms in total. The zero-order valence-corrected chi connectivity index (χ0v) is 8.01. The third-order valence-electron chi connectivity index (χ3n) is 1.46. The topological polar surface area (TPSA) is 68.0 Å². The van der Waals surface area contributed by atoms with Gasteiger partial charge in [-0.05, 0) is 6.07 Å². The Morgan fingerprint density at radius 2 is 2.50 bits per heavy atom. The van der Waals surface area contributed by atoms with Gasteiger partial charge in [0.1, 0.15) is 5.15 Å². The van der Waals surface area contributed by atoms with E-state index < -0.39 is 0 Å². The number of nitrogens with one attached hydrogen (secondary N) is 1. The van der Waals surface area contributed by atoms with Crippen LogP contribution in [0, 0.1) is 12.3 Å². The molecule has 0 bridgehead atoms. The van der Waals surface area contributed by atoms with E-state index in [1.54, 1.807) is 0 Å². The Morgan fingerprint density at radius 1 is 1.79 bits per heavy atom. The number of terminal acetylenes is 1. The number of rotatable bonds is 2. The maximum Gasteiger partial charge on any atom is 0.255 e. The lowest BCUT2D eigenvalue weighted by Crippen LogP contribution is -2.24. The van der Waals surface area contributed by atoms with Crippen molar-refractivity contribution in [2.75, 3.05) is 12.3 Å². The fourth-order valence-corrected chi connectivity index (χ4v) is 1.04. The summed E-state index contributed by atoms with van der Waals surface area (Å²) in [6.45, 7) is 0.143. The molecule has 0 aliphatic carbocycles. The molecule has 1 rings (SSSR count). The second kappa shape index (κ2) is 4.49. The Hall–Kier alpha value is -1.73. The molecule has 0 aliphatic rings. The van der Waals surface area contributed by atoms with Gasteiger partial charge in [-0.1, -0.05) is 17.5 Å². The summed E-state index contributed by atoms with van der Waals surface area (Å²) >= 11 is 5.69. The number of amides is 1. The fraction of sp³-hybridized carbons (Fsp3) is 0.111. The highest BCUT2D eigenvalue weighted by Gasteiger charge is 2.10. The zero-order chi connectivity index (χ0) is 10.6. The summed E-state index contributed by atoms with van der Waals surface area (Å²) in [6, 6.07) is 1.45. The van der Waals surface area contributed by atoms with Crippen molar-refractivity contribution in [2.24, 2.45) is 0 Å². The molecular weight excluding hydrogens is 202 g/mol. The smallest absolute Gasteiger partial charge is 0.255 e. The van der Waals surface area contributed by atoms with Gasteiger partial charge in [-0.2, -0.15) is 0 Å². The van der Waals surface area contributed by atoms with Gasteiger partial charge in [-0.15, -0.1) is 6.42 Å². The van der Waals surface area contributed by atoms with Gasteiger partial charge >= 0.3 is 0 Å². The summed E-state index contributed by atoms with van der Waals surface area (Å²) < 4.78 is 0. The van der Waals surface area contributed by atoms with E-state index in [0.29, 0.717) is 5.69 Å². The van der Waals surface area contributed by atoms with Crippen molar-refractivity contribution in [2.45, 2.75) is 0 Å². The van der Waals surface area contributed by atoms with E-state index in [1.165, 1.54) is 12.3 Å². The lowest BCUT2D eigenvalue weighted by Gasteiger charge is -2.03. The zero-order valence-electron chi connectivity index (χ0n) is 7.25. The third kappa shape index (κ3) is 2.38. The second-order valence-corrected chi connectivity index (χ2v) is 2.85. The van der Waals surface area contributed by atoms with Crippen LogP contribution in [0.1, 0.15) is 10.4 Å². The molecular formula is C9H8ClN3O. The molecule has 0 saturated carbocycles. The largest absolute Gasteiger partial charge is 0.397 e. The molecule has 0 aromatic carbocycles. The molecule has 0 atom stereocenters. The number of halogens is 1. The first-order chi connectivity index (χ1) is 6.65. The van der Waals surface area contributed by atoms with Crippen molar-refractivity contribution in [3.8, 4) is 12.3 Å². The summed E-state index contributed by atoms with van der Waals surface area (Å²) in [4.78, 5) is 15.1. The van der Waals surface area contributed by atoms with Gasteiger partial charge in [0.05, 0.1) is 24.0 Å². The number of nitrogens with two attached hydrogens (primary N) is 1. The van der Waals surface area contributed by atoms with Crippen molar-refractivity contribution in [1.29, 1.82) is 0 Å². The van der Waals surface area contributed by atoms with E-state index in [9.17, 15) is 4.79 Å². The average molecular weight is 210 g/mol. The normalized spacial score (nSPS) is 9.14. The molecule has 0 spiro atoms. The first-order valence-electron chi connectivity index (χ1n) is 3.78. The lowest BCUT2D eigenvalue weighted by atomic mass is 10.2. The summed E-state index contributed by atoms with van der Waals surface area (Å²) in [5.41, 5.74) is 6.05. The number of carbonyl (C=O) groups excluding carboxylic acids is 1. The van der Waals surface area contributed by atoms with E-state index in [4.69, 9.17) is 23.8 Å². The summed E-state index contributed by atoms with van der Waals surface area (Å²) in [5, 5.41) is 2.57. The van der Waals surface area contributed by atoms with E-state index in [1.807, 2.05) is 0 Å². The van der Waals surface area contributed by atoms with E-state index in [2.05, 4.69) is 16.2 Å². The average Bonchev–Trinajstić information content (AvgIpc) is 2.18. The Bertz CT molecular complexity index is 398. The molecule has 72 valence electrons. The highest BCUT2D eigenvalue weighted by Crippen LogP contribution is 2.14. The Morgan fingerprint density at radius 3 is 3.14 bits per heavy atom. The first-order valence-corrected chi connectivity index (χ1v) is 4.15. The van der Waals surface area contributed by atoms with E-state index in [-0.39, 0.29) is 23.2 Å². The number of hydrogen-bond acceptors (Lipinski definition) is 3. The molecule has 5 heteroatoms. The molecule has 3 N–H and O–H groups in total. The van der Waals surface area contributed by atoms with Gasteiger partial charge in [-0.25, -0.2) is 4.98 Å². The van der Waals surface area contributed by atoms with Gasteiger partial charge < -0.3 is 11.1 Å². The third-order valence-corrected chi connectivity index (χ3v) is 1.76. The summed E-state index contributed by atoms with van der Waals surface area (Å²) in [6.07, 6.45) is 6.36. The Kier molecular flexibility index (Phi) is 3.32. The number of pyridine rings is 1. The highest BCUT2D eigenvalue weighted by molar-refractivity contribution is 6.32. The minimum absolute atomic E-state index is 0.105. The minimum Gasteiger partial charge on any atom is -0.397 e. The van der Waals surface area contributed by atoms with Crippen LogP contribution in [0.4, 0.5) is 5.69 Å². The summed E-state index contributed by atoms with van der Waals surface area (Å²) in [7, 11) is 0. The van der Waals surface area contributed by atoms with E-state index >= 15 is 0 Å². The van der Waals surface area contributed by atoms with Crippen LogP contribution in [-0.2, 0) is 0 Å². The van der Waals surface area contributed by atoms with Crippen molar-refractivity contribution in [3.05, 3.63) is 23.0 Å². The number of anilines is 1. The number of carbonyl (C=O) groups is 1. The van der Waals surface area contributed by atoms with Crippen LogP contribution in [0.25, 0.3) is 0 Å². The van der Waals surface area contributed by atoms with Crippen molar-refractivity contribution in [3.63, 3.8) is 0 Å². The van der Waals surface area contributed by atoms with Crippen molar-refractivity contribution < 1.29 is 4.79 Å². The maximum absolute atomic E-state index is 11.4. The highest BCUT2D eigenvalue weighted by atomic mass is 35.5. The molecule has 1 amide bonds. The van der Waals surface area contributed by atoms with Crippen LogP contribution < -0.4 is 11.1 Å². The van der Waals surface area contributed by atoms with Crippen LogP contribution in [0.3, 0.4) is 0 Å².